The molecular weight excluding hydrogens is 248 g/mol. The average Bonchev–Trinajstić information content (AvgIpc) is 2.24. The Morgan fingerprint density at radius 1 is 1.35 bits per heavy atom. The second kappa shape index (κ2) is 5.51. The van der Waals surface area contributed by atoms with Crippen LogP contribution in [0.3, 0.4) is 0 Å². The van der Waals surface area contributed by atoms with E-state index in [1.165, 1.54) is 30.5 Å². The molecule has 0 aliphatic heterocycles. The molecule has 0 unspecified atom stereocenters. The van der Waals surface area contributed by atoms with Gasteiger partial charge in [-0.1, -0.05) is 0 Å². The van der Waals surface area contributed by atoms with Crippen LogP contribution < -0.4 is 0 Å². The van der Waals surface area contributed by atoms with Gasteiger partial charge in [0.25, 0.3) is 15.8 Å². The molecule has 0 fully saturated rings. The van der Waals surface area contributed by atoms with Gasteiger partial charge in [-0.2, -0.15) is 8.42 Å². The number of nitro benzene ring substituents is 1. The molecule has 0 heterocycles. The minimum absolute atomic E-state index is 0.0277. The van der Waals surface area contributed by atoms with Crippen LogP contribution in [0, 0.1) is 10.1 Å². The smallest absolute Gasteiger partial charge is 0.269 e. The van der Waals surface area contributed by atoms with Crippen LogP contribution in [-0.4, -0.2) is 36.4 Å². The van der Waals surface area contributed by atoms with Crippen LogP contribution in [0.4, 0.5) is 5.69 Å². The van der Waals surface area contributed by atoms with E-state index in [1.807, 2.05) is 0 Å². The lowest BCUT2D eigenvalue weighted by atomic mass is 10.2. The van der Waals surface area contributed by atoms with Gasteiger partial charge in [-0.15, -0.1) is 0 Å². The van der Waals surface area contributed by atoms with Crippen molar-refractivity contribution >= 4 is 22.0 Å². The van der Waals surface area contributed by atoms with Gasteiger partial charge < -0.3 is 0 Å². The van der Waals surface area contributed by atoms with Crippen LogP contribution in [-0.2, 0) is 10.1 Å². The first-order chi connectivity index (χ1) is 7.88. The van der Waals surface area contributed by atoms with Gasteiger partial charge in [-0.05, 0) is 17.7 Å². The first kappa shape index (κ1) is 13.3. The Hall–Kier alpha value is -1.80. The van der Waals surface area contributed by atoms with Crippen LogP contribution in [0.25, 0.3) is 0 Å². The summed E-state index contributed by atoms with van der Waals surface area (Å²) in [6.07, 6.45) is 1.38. The minimum Gasteiger partial charge on any atom is -0.291 e. The zero-order chi connectivity index (χ0) is 12.9. The van der Waals surface area contributed by atoms with Gasteiger partial charge in [0.2, 0.25) is 0 Å². The number of rotatable bonds is 5. The van der Waals surface area contributed by atoms with E-state index in [9.17, 15) is 18.5 Å². The lowest BCUT2D eigenvalue weighted by molar-refractivity contribution is -0.384. The summed E-state index contributed by atoms with van der Waals surface area (Å²) in [5.41, 5.74) is 0.589. The molecule has 0 amide bonds. The SMILES string of the molecule is O=[N+]([O-])c1ccc(/C=N/CCS(=O)(=O)O)cc1. The highest BCUT2D eigenvalue weighted by atomic mass is 32.2. The van der Waals surface area contributed by atoms with Gasteiger partial charge in [-0.3, -0.25) is 19.7 Å². The second-order valence-electron chi connectivity index (χ2n) is 3.17. The van der Waals surface area contributed by atoms with Crippen molar-refractivity contribution in [3.05, 3.63) is 39.9 Å². The largest absolute Gasteiger partial charge is 0.291 e. The molecule has 0 bridgehead atoms. The summed E-state index contributed by atoms with van der Waals surface area (Å²) in [5, 5.41) is 10.4. The van der Waals surface area contributed by atoms with Gasteiger partial charge in [0, 0.05) is 18.3 Å². The summed E-state index contributed by atoms with van der Waals surface area (Å²) in [7, 11) is -4.00. The maximum atomic E-state index is 10.4. The van der Waals surface area contributed by atoms with Crippen LogP contribution in [0.2, 0.25) is 0 Å². The van der Waals surface area contributed by atoms with Gasteiger partial charge in [0.05, 0.1) is 17.2 Å². The number of nitro groups is 1. The Labute approximate surface area is 97.7 Å². The number of hydrogen-bond donors (Lipinski definition) is 1. The van der Waals surface area contributed by atoms with Crippen molar-refractivity contribution in [1.82, 2.24) is 0 Å². The van der Waals surface area contributed by atoms with E-state index in [-0.39, 0.29) is 12.2 Å². The molecule has 0 radical (unpaired) electrons. The standard InChI is InChI=1S/C9H10N2O5S/c12-11(13)9-3-1-8(2-4-9)7-10-5-6-17(14,15)16/h1-4,7H,5-6H2,(H,14,15,16)/b10-7+. The average molecular weight is 258 g/mol. The van der Waals surface area contributed by atoms with Gasteiger partial charge in [0.1, 0.15) is 0 Å². The van der Waals surface area contributed by atoms with Crippen molar-refractivity contribution in [2.75, 3.05) is 12.3 Å². The molecule has 1 aromatic carbocycles. The number of aliphatic imine (C=N–C) groups is 1. The number of non-ortho nitro benzene ring substituents is 1. The quantitative estimate of drug-likeness (QED) is 0.365. The molecule has 0 saturated heterocycles. The van der Waals surface area contributed by atoms with E-state index >= 15 is 0 Å². The van der Waals surface area contributed by atoms with Crippen molar-refractivity contribution in [3.8, 4) is 0 Å². The van der Waals surface area contributed by atoms with E-state index in [2.05, 4.69) is 4.99 Å². The summed E-state index contributed by atoms with van der Waals surface area (Å²) in [4.78, 5) is 13.6. The summed E-state index contributed by atoms with van der Waals surface area (Å²) in [6, 6.07) is 5.64. The molecule has 17 heavy (non-hydrogen) atoms. The van der Waals surface area contributed by atoms with E-state index in [1.54, 1.807) is 0 Å². The van der Waals surface area contributed by atoms with Crippen LogP contribution >= 0.6 is 0 Å². The molecule has 8 heteroatoms. The predicted molar refractivity (Wildman–Crippen MR) is 62.0 cm³/mol. The third-order valence-corrected chi connectivity index (χ3v) is 2.52. The summed E-state index contributed by atoms with van der Waals surface area (Å²) in [6.45, 7) is -0.0597. The molecular formula is C9H10N2O5S. The number of nitrogens with zero attached hydrogens (tertiary/aromatic N) is 2. The Morgan fingerprint density at radius 2 is 1.94 bits per heavy atom. The predicted octanol–water partition coefficient (Wildman–Crippen LogP) is 0.901. The van der Waals surface area contributed by atoms with Gasteiger partial charge in [-0.25, -0.2) is 0 Å². The lowest BCUT2D eigenvalue weighted by Gasteiger charge is -1.94. The molecule has 0 aromatic heterocycles. The van der Waals surface area contributed by atoms with E-state index in [0.717, 1.165) is 0 Å². The summed E-state index contributed by atoms with van der Waals surface area (Å²) < 4.78 is 29.2. The minimum atomic E-state index is -4.00. The molecule has 0 saturated carbocycles. The first-order valence-corrected chi connectivity index (χ1v) is 6.19. The molecule has 1 N–H and O–H groups in total. The third-order valence-electron chi connectivity index (χ3n) is 1.82. The van der Waals surface area contributed by atoms with Gasteiger partial charge >= 0.3 is 0 Å². The van der Waals surface area contributed by atoms with Crippen molar-refractivity contribution < 1.29 is 17.9 Å². The molecule has 7 nitrogen and oxygen atoms in total. The molecule has 0 atom stereocenters. The second-order valence-corrected chi connectivity index (χ2v) is 4.74. The molecule has 0 aliphatic rings. The Bertz CT molecular complexity index is 521. The third kappa shape index (κ3) is 5.18. The Kier molecular flexibility index (Phi) is 4.30. The zero-order valence-corrected chi connectivity index (χ0v) is 9.50. The maximum absolute atomic E-state index is 10.4. The summed E-state index contributed by atoms with van der Waals surface area (Å²) >= 11 is 0. The highest BCUT2D eigenvalue weighted by Gasteiger charge is 2.03. The van der Waals surface area contributed by atoms with Crippen LogP contribution in [0.5, 0.6) is 0 Å². The van der Waals surface area contributed by atoms with Crippen molar-refractivity contribution in [1.29, 1.82) is 0 Å². The monoisotopic (exact) mass is 258 g/mol. The fourth-order valence-corrected chi connectivity index (χ4v) is 1.36. The summed E-state index contributed by atoms with van der Waals surface area (Å²) in [5.74, 6) is -0.448. The Morgan fingerprint density at radius 3 is 2.41 bits per heavy atom. The molecule has 92 valence electrons. The lowest BCUT2D eigenvalue weighted by Crippen LogP contribution is -2.06. The molecule has 1 rings (SSSR count). The normalized spacial score (nSPS) is 11.8. The van der Waals surface area contributed by atoms with E-state index in [4.69, 9.17) is 4.55 Å². The molecule has 1 aromatic rings. The molecule has 0 spiro atoms. The van der Waals surface area contributed by atoms with Crippen molar-refractivity contribution in [3.63, 3.8) is 0 Å². The van der Waals surface area contributed by atoms with Crippen molar-refractivity contribution in [2.24, 2.45) is 4.99 Å². The fraction of sp³-hybridized carbons (Fsp3) is 0.222. The highest BCUT2D eigenvalue weighted by Crippen LogP contribution is 2.10. The van der Waals surface area contributed by atoms with Crippen LogP contribution in [0.1, 0.15) is 5.56 Å². The molecule has 0 aliphatic carbocycles. The number of hydrogen-bond acceptors (Lipinski definition) is 5. The van der Waals surface area contributed by atoms with Gasteiger partial charge in [0.15, 0.2) is 0 Å². The number of benzene rings is 1. The fourth-order valence-electron chi connectivity index (χ4n) is 1.02. The maximum Gasteiger partial charge on any atom is 0.269 e. The Balaban J connectivity index is 2.58. The van der Waals surface area contributed by atoms with E-state index in [0.29, 0.717) is 5.56 Å². The van der Waals surface area contributed by atoms with Crippen molar-refractivity contribution in [2.45, 2.75) is 0 Å². The zero-order valence-electron chi connectivity index (χ0n) is 8.68. The van der Waals surface area contributed by atoms with Crippen LogP contribution in [0.15, 0.2) is 29.3 Å². The van der Waals surface area contributed by atoms with E-state index < -0.39 is 20.8 Å². The first-order valence-electron chi connectivity index (χ1n) is 4.58. The highest BCUT2D eigenvalue weighted by molar-refractivity contribution is 7.85. The topological polar surface area (TPSA) is 110 Å².